The van der Waals surface area contributed by atoms with Crippen molar-refractivity contribution in [2.45, 2.75) is 24.9 Å². The summed E-state index contributed by atoms with van der Waals surface area (Å²) in [4.78, 5) is 10.9. The number of hydrogen-bond acceptors (Lipinski definition) is 5. The third kappa shape index (κ3) is 4.80. The number of benzene rings is 1. The number of carbonyl (C=O) groups excluding carboxylic acids is 1. The first-order chi connectivity index (χ1) is 10.7. The lowest BCUT2D eigenvalue weighted by Gasteiger charge is -2.18. The van der Waals surface area contributed by atoms with E-state index in [0.717, 1.165) is 5.56 Å². The van der Waals surface area contributed by atoms with Gasteiger partial charge in [-0.05, 0) is 5.56 Å². The van der Waals surface area contributed by atoms with E-state index in [-0.39, 0.29) is 12.7 Å². The van der Waals surface area contributed by atoms with Gasteiger partial charge in [0.2, 0.25) is 0 Å². The lowest BCUT2D eigenvalue weighted by molar-refractivity contribution is -0.134. The van der Waals surface area contributed by atoms with Gasteiger partial charge in [-0.2, -0.15) is 0 Å². The fraction of sp³-hybridized carbons (Fsp3) is 0.353. The predicted octanol–water partition coefficient (Wildman–Crippen LogP) is 1.62. The third-order valence-corrected chi connectivity index (χ3v) is 3.29. The molecule has 0 amide bonds. The van der Waals surface area contributed by atoms with Crippen LogP contribution in [0.4, 0.5) is 0 Å². The molecule has 1 aliphatic heterocycles. The number of rotatable bonds is 6. The summed E-state index contributed by atoms with van der Waals surface area (Å²) in [5.74, 6) is -0.422. The van der Waals surface area contributed by atoms with Crippen LogP contribution < -0.4 is 0 Å². The highest BCUT2D eigenvalue weighted by molar-refractivity contribution is 5.82. The summed E-state index contributed by atoms with van der Waals surface area (Å²) in [6.45, 7) is 0.642. The summed E-state index contributed by atoms with van der Waals surface area (Å²) in [5.41, 5.74) is 1.04. The average molecular weight is 304 g/mol. The molecule has 0 saturated carbocycles. The molecular formula is C17H20O5. The van der Waals surface area contributed by atoms with E-state index in [9.17, 15) is 9.90 Å². The van der Waals surface area contributed by atoms with Crippen LogP contribution >= 0.6 is 0 Å². The molecule has 22 heavy (non-hydrogen) atoms. The maximum Gasteiger partial charge on any atom is 0.330 e. The molecule has 0 aromatic heterocycles. The fourth-order valence-electron chi connectivity index (χ4n) is 2.13. The molecule has 2 rings (SSSR count). The van der Waals surface area contributed by atoms with Gasteiger partial charge in [-0.15, -0.1) is 0 Å². The third-order valence-electron chi connectivity index (χ3n) is 3.29. The number of ether oxygens (including phenoxy) is 3. The Labute approximate surface area is 129 Å². The van der Waals surface area contributed by atoms with Crippen molar-refractivity contribution in [2.24, 2.45) is 0 Å². The van der Waals surface area contributed by atoms with Gasteiger partial charge in [-0.3, -0.25) is 0 Å². The normalized spacial score (nSPS) is 25.1. The first-order valence-corrected chi connectivity index (χ1v) is 7.08. The van der Waals surface area contributed by atoms with E-state index in [1.54, 1.807) is 18.2 Å². The molecule has 5 heteroatoms. The SMILES string of the molecule is COC(=O)/C=C/C=C/[C@@H]1OC[C@@H](O)[C@H]1OCc1ccccc1. The van der Waals surface area contributed by atoms with E-state index < -0.39 is 18.2 Å². The Bertz CT molecular complexity index is 523. The molecule has 0 spiro atoms. The van der Waals surface area contributed by atoms with Crippen LogP contribution in [0.3, 0.4) is 0 Å². The lowest BCUT2D eigenvalue weighted by Crippen LogP contribution is -2.32. The van der Waals surface area contributed by atoms with Crippen LogP contribution in [0.2, 0.25) is 0 Å². The quantitative estimate of drug-likeness (QED) is 0.491. The first kappa shape index (κ1) is 16.4. The maximum absolute atomic E-state index is 10.9. The van der Waals surface area contributed by atoms with Gasteiger partial charge in [-0.1, -0.05) is 48.6 Å². The number of allylic oxidation sites excluding steroid dienone is 2. The van der Waals surface area contributed by atoms with Crippen LogP contribution in [-0.4, -0.2) is 43.1 Å². The number of esters is 1. The maximum atomic E-state index is 10.9. The molecule has 1 saturated heterocycles. The highest BCUT2D eigenvalue weighted by Gasteiger charge is 2.35. The summed E-state index contributed by atoms with van der Waals surface area (Å²) < 4.78 is 15.8. The average Bonchev–Trinajstić information content (AvgIpc) is 2.90. The molecule has 1 aromatic carbocycles. The Morgan fingerprint density at radius 1 is 1.36 bits per heavy atom. The molecule has 1 N–H and O–H groups in total. The largest absolute Gasteiger partial charge is 0.466 e. The molecule has 1 fully saturated rings. The summed E-state index contributed by atoms with van der Waals surface area (Å²) in [5, 5.41) is 9.94. The van der Waals surface area contributed by atoms with Gasteiger partial charge in [0.1, 0.15) is 18.3 Å². The van der Waals surface area contributed by atoms with Crippen molar-refractivity contribution >= 4 is 5.97 Å². The Morgan fingerprint density at radius 3 is 2.86 bits per heavy atom. The standard InChI is InChI=1S/C17H20O5/c1-20-16(19)10-6-5-9-15-17(14(18)12-21-15)22-11-13-7-3-2-4-8-13/h2-10,14-15,17-18H,11-12H2,1H3/b9-5+,10-6+/t14-,15+,17-/m1/s1. The summed E-state index contributed by atoms with van der Waals surface area (Å²) in [7, 11) is 1.32. The van der Waals surface area contributed by atoms with Crippen LogP contribution in [0, 0.1) is 0 Å². The molecule has 1 aromatic rings. The van der Waals surface area contributed by atoms with Crippen molar-refractivity contribution in [3.8, 4) is 0 Å². The number of carbonyl (C=O) groups is 1. The number of hydrogen-bond donors (Lipinski definition) is 1. The van der Waals surface area contributed by atoms with E-state index in [0.29, 0.717) is 6.61 Å². The second-order valence-corrected chi connectivity index (χ2v) is 4.89. The Hall–Kier alpha value is -1.95. The fourth-order valence-corrected chi connectivity index (χ4v) is 2.13. The van der Waals surface area contributed by atoms with Gasteiger partial charge >= 0.3 is 5.97 Å². The van der Waals surface area contributed by atoms with E-state index >= 15 is 0 Å². The van der Waals surface area contributed by atoms with Gasteiger partial charge in [0.25, 0.3) is 0 Å². The minimum Gasteiger partial charge on any atom is -0.466 e. The lowest BCUT2D eigenvalue weighted by atomic mass is 10.1. The molecule has 0 aliphatic carbocycles. The van der Waals surface area contributed by atoms with Crippen molar-refractivity contribution in [2.75, 3.05) is 13.7 Å². The van der Waals surface area contributed by atoms with Crippen molar-refractivity contribution in [3.05, 3.63) is 60.2 Å². The molecule has 1 aliphatic rings. The summed E-state index contributed by atoms with van der Waals surface area (Å²) in [6.07, 6.45) is 4.87. The van der Waals surface area contributed by atoms with E-state index in [1.165, 1.54) is 13.2 Å². The first-order valence-electron chi connectivity index (χ1n) is 7.08. The van der Waals surface area contributed by atoms with Crippen LogP contribution in [0.25, 0.3) is 0 Å². The molecule has 1 heterocycles. The highest BCUT2D eigenvalue weighted by atomic mass is 16.6. The van der Waals surface area contributed by atoms with Gasteiger partial charge in [-0.25, -0.2) is 4.79 Å². The Kier molecular flexibility index (Phi) is 6.33. The van der Waals surface area contributed by atoms with E-state index in [2.05, 4.69) is 4.74 Å². The summed E-state index contributed by atoms with van der Waals surface area (Å²) in [6, 6.07) is 9.75. The number of aliphatic hydroxyl groups is 1. The van der Waals surface area contributed by atoms with Crippen LogP contribution in [0.5, 0.6) is 0 Å². The Morgan fingerprint density at radius 2 is 2.14 bits per heavy atom. The molecule has 0 unspecified atom stereocenters. The van der Waals surface area contributed by atoms with Gasteiger partial charge in [0.05, 0.1) is 20.3 Å². The molecule has 0 radical (unpaired) electrons. The van der Waals surface area contributed by atoms with Gasteiger partial charge < -0.3 is 19.3 Å². The van der Waals surface area contributed by atoms with Crippen molar-refractivity contribution < 1.29 is 24.1 Å². The smallest absolute Gasteiger partial charge is 0.330 e. The van der Waals surface area contributed by atoms with Gasteiger partial charge in [0, 0.05) is 6.08 Å². The van der Waals surface area contributed by atoms with Crippen molar-refractivity contribution in [1.29, 1.82) is 0 Å². The predicted molar refractivity (Wildman–Crippen MR) is 81.1 cm³/mol. The van der Waals surface area contributed by atoms with Crippen molar-refractivity contribution in [1.82, 2.24) is 0 Å². The van der Waals surface area contributed by atoms with Crippen LogP contribution in [-0.2, 0) is 25.6 Å². The second kappa shape index (κ2) is 8.48. The van der Waals surface area contributed by atoms with E-state index in [1.807, 2.05) is 30.3 Å². The van der Waals surface area contributed by atoms with E-state index in [4.69, 9.17) is 9.47 Å². The second-order valence-electron chi connectivity index (χ2n) is 4.89. The minimum absolute atomic E-state index is 0.231. The molecule has 3 atom stereocenters. The Balaban J connectivity index is 1.89. The molecule has 118 valence electrons. The topological polar surface area (TPSA) is 65.0 Å². The van der Waals surface area contributed by atoms with Gasteiger partial charge in [0.15, 0.2) is 0 Å². The van der Waals surface area contributed by atoms with Crippen LogP contribution in [0.1, 0.15) is 5.56 Å². The number of aliphatic hydroxyl groups excluding tert-OH is 1. The molecular weight excluding hydrogens is 284 g/mol. The zero-order chi connectivity index (χ0) is 15.8. The summed E-state index contributed by atoms with van der Waals surface area (Å²) >= 11 is 0. The number of methoxy groups -OCH3 is 1. The highest BCUT2D eigenvalue weighted by Crippen LogP contribution is 2.20. The molecule has 5 nitrogen and oxygen atoms in total. The molecule has 0 bridgehead atoms. The zero-order valence-corrected chi connectivity index (χ0v) is 12.4. The zero-order valence-electron chi connectivity index (χ0n) is 12.4. The monoisotopic (exact) mass is 304 g/mol. The van der Waals surface area contributed by atoms with Crippen LogP contribution in [0.15, 0.2) is 54.6 Å². The van der Waals surface area contributed by atoms with Crippen molar-refractivity contribution in [3.63, 3.8) is 0 Å². The minimum atomic E-state index is -0.664.